The Kier molecular flexibility index (Phi) is 13.2. The predicted octanol–water partition coefficient (Wildman–Crippen LogP) is 4.88. The van der Waals surface area contributed by atoms with Gasteiger partial charge in [-0.3, -0.25) is 9.59 Å². The van der Waals surface area contributed by atoms with Crippen LogP contribution in [0.25, 0.3) is 0 Å². The van der Waals surface area contributed by atoms with E-state index in [-0.39, 0.29) is 17.7 Å². The second-order valence-electron chi connectivity index (χ2n) is 7.00. The van der Waals surface area contributed by atoms with Gasteiger partial charge in [0.1, 0.15) is 5.78 Å². The van der Waals surface area contributed by atoms with E-state index < -0.39 is 0 Å². The summed E-state index contributed by atoms with van der Waals surface area (Å²) in [4.78, 5) is 22.8. The van der Waals surface area contributed by atoms with E-state index in [0.29, 0.717) is 5.78 Å². The van der Waals surface area contributed by atoms with Crippen molar-refractivity contribution in [3.05, 3.63) is 0 Å². The number of hydrogen-bond donors (Lipinski definition) is 1. The van der Waals surface area contributed by atoms with Crippen molar-refractivity contribution < 1.29 is 9.59 Å². The fourth-order valence-electron chi connectivity index (χ4n) is 2.37. The van der Waals surface area contributed by atoms with Crippen LogP contribution in [0.2, 0.25) is 0 Å². The van der Waals surface area contributed by atoms with E-state index in [1.165, 1.54) is 44.9 Å². The Balaban J connectivity index is 3.18. The summed E-state index contributed by atoms with van der Waals surface area (Å²) in [5, 5.41) is 2.96. The van der Waals surface area contributed by atoms with Crippen LogP contribution < -0.4 is 5.32 Å². The minimum absolute atomic E-state index is 0.0934. The Morgan fingerprint density at radius 1 is 0.682 bits per heavy atom. The number of carbonyl (C=O) groups is 2. The lowest BCUT2D eigenvalue weighted by Crippen LogP contribution is -2.28. The van der Waals surface area contributed by atoms with Gasteiger partial charge >= 0.3 is 0 Å². The molecule has 0 aliphatic carbocycles. The van der Waals surface area contributed by atoms with Crippen molar-refractivity contribution in [3.8, 4) is 0 Å². The lowest BCUT2D eigenvalue weighted by atomic mass is 10.0. The van der Waals surface area contributed by atoms with Gasteiger partial charge in [-0.1, -0.05) is 72.6 Å². The van der Waals surface area contributed by atoms with Crippen LogP contribution in [0.3, 0.4) is 0 Å². The zero-order chi connectivity index (χ0) is 16.8. The number of ketones is 1. The molecule has 0 aromatic carbocycles. The molecule has 3 nitrogen and oxygen atoms in total. The van der Waals surface area contributed by atoms with Gasteiger partial charge in [0.05, 0.1) is 0 Å². The Morgan fingerprint density at radius 3 is 1.59 bits per heavy atom. The minimum Gasteiger partial charge on any atom is -0.356 e. The molecule has 0 aromatic heterocycles. The Hall–Kier alpha value is -0.860. The molecule has 0 aliphatic rings. The smallest absolute Gasteiger partial charge is 0.222 e. The SMILES string of the molecule is CC(C)C(=O)CCCCCCCCCCCNC(=O)C(C)C. The quantitative estimate of drug-likeness (QED) is 0.464. The van der Waals surface area contributed by atoms with Gasteiger partial charge < -0.3 is 5.32 Å². The molecule has 22 heavy (non-hydrogen) atoms. The molecular weight excluding hydrogens is 274 g/mol. The first-order chi connectivity index (χ1) is 10.4. The molecule has 0 rings (SSSR count). The van der Waals surface area contributed by atoms with Gasteiger partial charge in [0.15, 0.2) is 0 Å². The molecule has 0 bridgehead atoms. The summed E-state index contributed by atoms with van der Waals surface area (Å²) < 4.78 is 0. The van der Waals surface area contributed by atoms with Crippen LogP contribution in [0, 0.1) is 11.8 Å². The van der Waals surface area contributed by atoms with Crippen LogP contribution in [-0.4, -0.2) is 18.2 Å². The average molecular weight is 312 g/mol. The topological polar surface area (TPSA) is 46.2 Å². The predicted molar refractivity (Wildman–Crippen MR) is 93.9 cm³/mol. The van der Waals surface area contributed by atoms with E-state index in [1.807, 2.05) is 27.7 Å². The third-order valence-electron chi connectivity index (χ3n) is 4.07. The first-order valence-corrected chi connectivity index (χ1v) is 9.25. The van der Waals surface area contributed by atoms with E-state index in [1.54, 1.807) is 0 Å². The molecule has 0 unspecified atom stereocenters. The van der Waals surface area contributed by atoms with Gasteiger partial charge in [-0.25, -0.2) is 0 Å². The summed E-state index contributed by atoms with van der Waals surface area (Å²) in [6, 6.07) is 0. The van der Waals surface area contributed by atoms with E-state index in [0.717, 1.165) is 25.8 Å². The summed E-state index contributed by atoms with van der Waals surface area (Å²) in [7, 11) is 0. The second kappa shape index (κ2) is 13.8. The van der Waals surface area contributed by atoms with Gasteiger partial charge in [0.2, 0.25) is 5.91 Å². The number of nitrogens with one attached hydrogen (secondary N) is 1. The van der Waals surface area contributed by atoms with E-state index in [9.17, 15) is 9.59 Å². The van der Waals surface area contributed by atoms with Crippen LogP contribution in [0.15, 0.2) is 0 Å². The summed E-state index contributed by atoms with van der Waals surface area (Å²) in [6.07, 6.45) is 11.7. The summed E-state index contributed by atoms with van der Waals surface area (Å²) in [5.74, 6) is 0.863. The normalized spacial score (nSPS) is 11.2. The maximum atomic E-state index is 11.5. The zero-order valence-electron chi connectivity index (χ0n) is 15.2. The van der Waals surface area contributed by atoms with Crippen molar-refractivity contribution in [1.82, 2.24) is 5.32 Å². The molecule has 0 aromatic rings. The standard InChI is InChI=1S/C19H37NO2/c1-16(2)18(21)14-12-10-8-6-5-7-9-11-13-15-20-19(22)17(3)4/h16-17H,5-15H2,1-4H3,(H,20,22). The first-order valence-electron chi connectivity index (χ1n) is 9.25. The highest BCUT2D eigenvalue weighted by atomic mass is 16.1. The third-order valence-corrected chi connectivity index (χ3v) is 4.07. The van der Waals surface area contributed by atoms with E-state index in [2.05, 4.69) is 5.32 Å². The number of unbranched alkanes of at least 4 members (excludes halogenated alkanes) is 8. The van der Waals surface area contributed by atoms with Gasteiger partial charge in [0, 0.05) is 24.8 Å². The molecule has 1 amide bonds. The summed E-state index contributed by atoms with van der Waals surface area (Å²) >= 11 is 0. The lowest BCUT2D eigenvalue weighted by molar-refractivity contribution is -0.124. The largest absolute Gasteiger partial charge is 0.356 e. The molecule has 0 heterocycles. The van der Waals surface area contributed by atoms with Crippen LogP contribution in [0.5, 0.6) is 0 Å². The zero-order valence-corrected chi connectivity index (χ0v) is 15.2. The molecule has 0 fully saturated rings. The third kappa shape index (κ3) is 12.8. The highest BCUT2D eigenvalue weighted by molar-refractivity contribution is 5.80. The molecule has 0 saturated carbocycles. The summed E-state index contributed by atoms with van der Waals surface area (Å²) in [5.41, 5.74) is 0. The number of hydrogen-bond acceptors (Lipinski definition) is 2. The molecule has 0 saturated heterocycles. The molecular formula is C19H37NO2. The number of amides is 1. The molecule has 1 N–H and O–H groups in total. The van der Waals surface area contributed by atoms with Gasteiger partial charge in [-0.2, -0.15) is 0 Å². The fourth-order valence-corrected chi connectivity index (χ4v) is 2.37. The molecule has 0 atom stereocenters. The summed E-state index contributed by atoms with van der Waals surface area (Å²) in [6.45, 7) is 8.64. The van der Waals surface area contributed by atoms with Crippen LogP contribution >= 0.6 is 0 Å². The van der Waals surface area contributed by atoms with E-state index in [4.69, 9.17) is 0 Å². The number of Topliss-reactive ketones (excluding diaryl/α,β-unsaturated/α-hetero) is 1. The van der Waals surface area contributed by atoms with Crippen molar-refractivity contribution >= 4 is 11.7 Å². The molecule has 0 aliphatic heterocycles. The minimum atomic E-state index is 0.0934. The van der Waals surface area contributed by atoms with E-state index >= 15 is 0 Å². The van der Waals surface area contributed by atoms with Crippen molar-refractivity contribution in [3.63, 3.8) is 0 Å². The Bertz CT molecular complexity index is 268. The van der Waals surface area contributed by atoms with Gasteiger partial charge in [-0.05, 0) is 12.8 Å². The molecule has 0 spiro atoms. The van der Waals surface area contributed by atoms with Crippen molar-refractivity contribution in [2.24, 2.45) is 11.8 Å². The number of rotatable bonds is 14. The van der Waals surface area contributed by atoms with Crippen molar-refractivity contribution in [1.29, 1.82) is 0 Å². The molecule has 3 heteroatoms. The van der Waals surface area contributed by atoms with Crippen molar-refractivity contribution in [2.45, 2.75) is 91.9 Å². The maximum absolute atomic E-state index is 11.5. The highest BCUT2D eigenvalue weighted by Gasteiger charge is 2.06. The Morgan fingerprint density at radius 2 is 1.14 bits per heavy atom. The van der Waals surface area contributed by atoms with Crippen LogP contribution in [0.1, 0.15) is 91.9 Å². The number of carbonyl (C=O) groups excluding carboxylic acids is 2. The Labute approximate surface area is 137 Å². The lowest BCUT2D eigenvalue weighted by Gasteiger charge is -2.07. The molecule has 130 valence electrons. The van der Waals surface area contributed by atoms with Gasteiger partial charge in [-0.15, -0.1) is 0 Å². The fraction of sp³-hybridized carbons (Fsp3) is 0.895. The first kappa shape index (κ1) is 21.1. The molecule has 0 radical (unpaired) electrons. The van der Waals surface area contributed by atoms with Crippen LogP contribution in [0.4, 0.5) is 0 Å². The van der Waals surface area contributed by atoms with Gasteiger partial charge in [0.25, 0.3) is 0 Å². The average Bonchev–Trinajstić information content (AvgIpc) is 2.47. The highest BCUT2D eigenvalue weighted by Crippen LogP contribution is 2.11. The maximum Gasteiger partial charge on any atom is 0.222 e. The van der Waals surface area contributed by atoms with Crippen LogP contribution in [-0.2, 0) is 9.59 Å². The monoisotopic (exact) mass is 311 g/mol. The second-order valence-corrected chi connectivity index (χ2v) is 7.00. The van der Waals surface area contributed by atoms with Crippen molar-refractivity contribution in [2.75, 3.05) is 6.54 Å².